The number of benzene rings is 5. The molecule has 69 heavy (non-hydrogen) atoms. The summed E-state index contributed by atoms with van der Waals surface area (Å²) in [5, 5.41) is 38.2. The molecule has 2 aliphatic carbocycles. The average Bonchev–Trinajstić information content (AvgIpc) is 3.32. The van der Waals surface area contributed by atoms with Gasteiger partial charge in [0.05, 0.1) is 12.2 Å². The molecule has 0 heterocycles. The molecule has 2 fully saturated rings. The molecule has 0 radical (unpaired) electrons. The number of hydrogen-bond acceptors (Lipinski definition) is 4. The van der Waals surface area contributed by atoms with E-state index in [0.717, 1.165) is 53.9 Å². The maximum Gasteiger partial charge on any atom is 0.421 e. The Kier molecular flexibility index (Phi) is 24.8. The molecule has 2 aliphatic rings. The highest BCUT2D eigenvalue weighted by Gasteiger charge is 2.54. The standard InChI is InChI=1S/C14H19F3O.C14H20.C13H18F2O.C11H14O.C8H10O/c1-3-4-5-10-13(18,14(15,16)17)12-8-6-11(2)7-9-12;1-12-7-9-14(10-8-12)11-13-5-3-2-4-6-13;1-3-4-9-13(14,15)12(16)11-7-5-10(2)6-8-11;1-9-3-5-10(6-4-9)11(12)7-2-8-11;1-7-2-4-8(6-9)5-3-7/h6-9,18H,3-5,10H2,1-2H3;7-10,13H,2-6,11H2,1H3;5-8,12,16H,3-4,9H2,1-2H3;3-6,12H,2,7-8H2,1H3;2-5,9H,6H2,1H3. The van der Waals surface area contributed by atoms with Gasteiger partial charge in [-0.05, 0) is 113 Å². The molecule has 0 bridgehead atoms. The average molecular weight is 961 g/mol. The number of hydrogen-bond donors (Lipinski definition) is 4. The van der Waals surface area contributed by atoms with Crippen LogP contribution in [-0.2, 0) is 24.2 Å². The molecule has 9 heteroatoms. The lowest BCUT2D eigenvalue weighted by Crippen LogP contribution is -2.42. The SMILES string of the molecule is CCCCC(F)(F)C(O)c1ccc(C)cc1.CCCCCC(O)(c1ccc(C)cc1)C(F)(F)F.Cc1ccc(C2(O)CCC2)cc1.Cc1ccc(CC2CCCCC2)cc1.Cc1ccc(CO)cc1. The van der Waals surface area contributed by atoms with E-state index < -0.39 is 29.4 Å². The Balaban J connectivity index is 0.000000232. The van der Waals surface area contributed by atoms with Gasteiger partial charge in [-0.1, -0.05) is 214 Å². The lowest BCUT2D eigenvalue weighted by atomic mass is 9.75. The van der Waals surface area contributed by atoms with E-state index in [-0.39, 0.29) is 30.6 Å². The molecule has 4 nitrogen and oxygen atoms in total. The van der Waals surface area contributed by atoms with Crippen LogP contribution in [0.2, 0.25) is 0 Å². The first kappa shape index (κ1) is 58.9. The fourth-order valence-electron chi connectivity index (χ4n) is 8.26. The van der Waals surface area contributed by atoms with Gasteiger partial charge in [-0.15, -0.1) is 0 Å². The zero-order valence-corrected chi connectivity index (χ0v) is 42.4. The van der Waals surface area contributed by atoms with E-state index in [9.17, 15) is 37.3 Å². The number of alkyl halides is 5. The molecule has 0 aliphatic heterocycles. The van der Waals surface area contributed by atoms with Gasteiger partial charge in [0.2, 0.25) is 0 Å². The first-order valence-electron chi connectivity index (χ1n) is 25.2. The van der Waals surface area contributed by atoms with E-state index in [4.69, 9.17) is 5.11 Å². The van der Waals surface area contributed by atoms with E-state index in [2.05, 4.69) is 50.2 Å². The van der Waals surface area contributed by atoms with E-state index in [1.54, 1.807) is 43.3 Å². The van der Waals surface area contributed by atoms with Crippen molar-refractivity contribution in [3.63, 3.8) is 0 Å². The minimum atomic E-state index is -4.64. The van der Waals surface area contributed by atoms with Crippen molar-refractivity contribution >= 4 is 0 Å². The molecule has 5 aromatic rings. The van der Waals surface area contributed by atoms with Gasteiger partial charge in [-0.25, -0.2) is 8.78 Å². The Morgan fingerprint density at radius 3 is 1.41 bits per heavy atom. The monoisotopic (exact) mass is 961 g/mol. The van der Waals surface area contributed by atoms with Crippen molar-refractivity contribution in [3.05, 3.63) is 177 Å². The number of aliphatic hydroxyl groups excluding tert-OH is 2. The zero-order chi connectivity index (χ0) is 51.1. The van der Waals surface area contributed by atoms with E-state index in [1.807, 2.05) is 64.1 Å². The first-order valence-corrected chi connectivity index (χ1v) is 25.2. The molecule has 0 spiro atoms. The molecular weight excluding hydrogens is 880 g/mol. The molecule has 0 aromatic heterocycles. The van der Waals surface area contributed by atoms with Crippen LogP contribution >= 0.6 is 0 Å². The van der Waals surface area contributed by atoms with Gasteiger partial charge in [0.1, 0.15) is 6.10 Å². The highest BCUT2D eigenvalue weighted by Crippen LogP contribution is 2.43. The number of rotatable bonds is 14. The Bertz CT molecular complexity index is 2120. The second kappa shape index (κ2) is 29.1. The van der Waals surface area contributed by atoms with Gasteiger partial charge in [0, 0.05) is 6.42 Å². The number of unbranched alkanes of at least 4 members (excludes halogenated alkanes) is 3. The van der Waals surface area contributed by atoms with Crippen molar-refractivity contribution in [2.75, 3.05) is 0 Å². The summed E-state index contributed by atoms with van der Waals surface area (Å²) in [5.74, 6) is -2.07. The third-order valence-electron chi connectivity index (χ3n) is 13.2. The van der Waals surface area contributed by atoms with Crippen LogP contribution in [0.15, 0.2) is 121 Å². The van der Waals surface area contributed by atoms with Crippen LogP contribution < -0.4 is 0 Å². The van der Waals surface area contributed by atoms with Crippen LogP contribution in [0.1, 0.15) is 172 Å². The fourth-order valence-corrected chi connectivity index (χ4v) is 8.26. The number of aliphatic hydroxyl groups is 4. The normalized spacial score (nSPS) is 15.7. The van der Waals surface area contributed by atoms with Crippen LogP contribution in [0, 0.1) is 40.5 Å². The van der Waals surface area contributed by atoms with E-state index in [0.29, 0.717) is 25.7 Å². The molecule has 2 atom stereocenters. The van der Waals surface area contributed by atoms with Gasteiger partial charge in [0.25, 0.3) is 5.92 Å². The second-order valence-corrected chi connectivity index (χ2v) is 19.4. The summed E-state index contributed by atoms with van der Waals surface area (Å²) in [6.45, 7) is 13.8. The Labute approximate surface area is 411 Å². The van der Waals surface area contributed by atoms with Crippen LogP contribution in [0.3, 0.4) is 0 Å². The van der Waals surface area contributed by atoms with Crippen molar-refractivity contribution in [1.29, 1.82) is 0 Å². The largest absolute Gasteiger partial charge is 0.421 e. The summed E-state index contributed by atoms with van der Waals surface area (Å²) in [6.07, 6.45) is 7.70. The van der Waals surface area contributed by atoms with Gasteiger partial charge in [0.15, 0.2) is 5.60 Å². The van der Waals surface area contributed by atoms with Gasteiger partial charge >= 0.3 is 6.18 Å². The fraction of sp³-hybridized carbons (Fsp3) is 0.500. The summed E-state index contributed by atoms with van der Waals surface area (Å²) < 4.78 is 66.3. The van der Waals surface area contributed by atoms with Crippen LogP contribution in [0.25, 0.3) is 0 Å². The van der Waals surface area contributed by atoms with Gasteiger partial charge in [-0.3, -0.25) is 0 Å². The van der Waals surface area contributed by atoms with E-state index >= 15 is 0 Å². The van der Waals surface area contributed by atoms with Crippen LogP contribution in [-0.4, -0.2) is 32.5 Å². The van der Waals surface area contributed by atoms with Gasteiger partial charge < -0.3 is 20.4 Å². The van der Waals surface area contributed by atoms with E-state index in [1.165, 1.54) is 72.9 Å². The third-order valence-corrected chi connectivity index (χ3v) is 13.2. The predicted molar refractivity (Wildman–Crippen MR) is 273 cm³/mol. The zero-order valence-electron chi connectivity index (χ0n) is 42.4. The van der Waals surface area contributed by atoms with Crippen molar-refractivity contribution in [2.24, 2.45) is 5.92 Å². The summed E-state index contributed by atoms with van der Waals surface area (Å²) in [4.78, 5) is 0. The molecule has 0 saturated heterocycles. The van der Waals surface area contributed by atoms with Crippen molar-refractivity contribution in [1.82, 2.24) is 0 Å². The minimum absolute atomic E-state index is 0.0725. The summed E-state index contributed by atoms with van der Waals surface area (Å²) in [6, 6.07) is 37.6. The summed E-state index contributed by atoms with van der Waals surface area (Å²) in [7, 11) is 0. The highest BCUT2D eigenvalue weighted by molar-refractivity contribution is 5.29. The summed E-state index contributed by atoms with van der Waals surface area (Å²) >= 11 is 0. The number of aryl methyl sites for hydroxylation is 5. The van der Waals surface area contributed by atoms with Crippen molar-refractivity contribution in [2.45, 2.75) is 187 Å². The molecule has 0 amide bonds. The minimum Gasteiger partial charge on any atom is -0.392 e. The molecule has 2 saturated carbocycles. The Hall–Kier alpha value is -4.41. The molecule has 7 rings (SSSR count). The smallest absolute Gasteiger partial charge is 0.392 e. The predicted octanol–water partition coefficient (Wildman–Crippen LogP) is 16.2. The lowest BCUT2D eigenvalue weighted by Gasteiger charge is -2.37. The molecule has 2 unspecified atom stereocenters. The quantitative estimate of drug-likeness (QED) is 0.0660. The molecule has 4 N–H and O–H groups in total. The lowest BCUT2D eigenvalue weighted by molar-refractivity contribution is -0.269. The van der Waals surface area contributed by atoms with Crippen molar-refractivity contribution < 1.29 is 42.4 Å². The third kappa shape index (κ3) is 20.1. The Morgan fingerprint density at radius 2 is 0.986 bits per heavy atom. The highest BCUT2D eigenvalue weighted by atomic mass is 19.4. The summed E-state index contributed by atoms with van der Waals surface area (Å²) in [5.41, 5.74) is 6.30. The second-order valence-electron chi connectivity index (χ2n) is 19.4. The Morgan fingerprint density at radius 1 is 0.551 bits per heavy atom. The van der Waals surface area contributed by atoms with Crippen molar-refractivity contribution in [3.8, 4) is 0 Å². The first-order chi connectivity index (χ1) is 32.7. The molecule has 5 aromatic carbocycles. The van der Waals surface area contributed by atoms with Crippen LogP contribution in [0.5, 0.6) is 0 Å². The van der Waals surface area contributed by atoms with Crippen LogP contribution in [0.4, 0.5) is 22.0 Å². The van der Waals surface area contributed by atoms with Gasteiger partial charge in [-0.2, -0.15) is 13.2 Å². The molecule has 380 valence electrons. The topological polar surface area (TPSA) is 80.9 Å². The maximum atomic E-state index is 13.5. The maximum absolute atomic E-state index is 13.5. The number of halogens is 5. The molecular formula is C60H81F5O4.